The Morgan fingerprint density at radius 3 is 2.87 bits per heavy atom. The molecule has 0 saturated carbocycles. The minimum Gasteiger partial charge on any atom is -0.461 e. The number of hydrogen-bond acceptors (Lipinski definition) is 6. The second-order valence-electron chi connectivity index (χ2n) is 8.66. The number of fused-ring (bicyclic) bond motifs is 4. The zero-order chi connectivity index (χ0) is 20.5. The van der Waals surface area contributed by atoms with E-state index in [1.807, 2.05) is 6.07 Å². The van der Waals surface area contributed by atoms with Crippen molar-refractivity contribution in [3.05, 3.63) is 29.8 Å². The van der Waals surface area contributed by atoms with Crippen LogP contribution in [0.2, 0.25) is 0 Å². The molecule has 2 unspecified atom stereocenters. The number of amides is 1. The van der Waals surface area contributed by atoms with Crippen molar-refractivity contribution in [1.82, 2.24) is 25.4 Å². The maximum atomic E-state index is 13.0. The van der Waals surface area contributed by atoms with Crippen molar-refractivity contribution in [2.24, 2.45) is 5.92 Å². The highest BCUT2D eigenvalue weighted by molar-refractivity contribution is 5.97. The molecule has 4 aliphatic heterocycles. The van der Waals surface area contributed by atoms with Crippen LogP contribution in [0.3, 0.4) is 0 Å². The lowest BCUT2D eigenvalue weighted by Crippen LogP contribution is -2.62. The van der Waals surface area contributed by atoms with Crippen LogP contribution >= 0.6 is 0 Å². The summed E-state index contributed by atoms with van der Waals surface area (Å²) in [4.78, 5) is 22.1. The van der Waals surface area contributed by atoms with Crippen molar-refractivity contribution < 1.29 is 9.21 Å². The number of piperazine rings is 1. The molecule has 158 valence electrons. The van der Waals surface area contributed by atoms with E-state index in [0.29, 0.717) is 23.2 Å². The van der Waals surface area contributed by atoms with E-state index in [4.69, 9.17) is 4.42 Å². The molecule has 7 heteroatoms. The molecular formula is C23H29N5O2. The van der Waals surface area contributed by atoms with Gasteiger partial charge in [0.15, 0.2) is 5.58 Å². The molecule has 0 aromatic carbocycles. The predicted molar refractivity (Wildman–Crippen MR) is 115 cm³/mol. The van der Waals surface area contributed by atoms with Gasteiger partial charge < -0.3 is 15.1 Å². The third-order valence-corrected chi connectivity index (χ3v) is 6.90. The number of nitrogens with one attached hydrogen (secondary N) is 2. The van der Waals surface area contributed by atoms with Crippen LogP contribution in [-0.2, 0) is 0 Å². The quantitative estimate of drug-likeness (QED) is 0.748. The van der Waals surface area contributed by atoms with Gasteiger partial charge in [0, 0.05) is 43.6 Å². The predicted octanol–water partition coefficient (Wildman–Crippen LogP) is 1.30. The van der Waals surface area contributed by atoms with Crippen LogP contribution in [0.4, 0.5) is 0 Å². The number of nitrogens with zero attached hydrogens (tertiary/aromatic N) is 3. The van der Waals surface area contributed by atoms with E-state index >= 15 is 0 Å². The Bertz CT molecular complexity index is 974. The summed E-state index contributed by atoms with van der Waals surface area (Å²) < 4.78 is 5.61. The van der Waals surface area contributed by atoms with E-state index in [0.717, 1.165) is 69.6 Å². The molecule has 2 bridgehead atoms. The summed E-state index contributed by atoms with van der Waals surface area (Å²) >= 11 is 0. The minimum atomic E-state index is -0.108. The summed E-state index contributed by atoms with van der Waals surface area (Å²) in [7, 11) is 0. The van der Waals surface area contributed by atoms with Crippen LogP contribution in [0.5, 0.6) is 0 Å². The van der Waals surface area contributed by atoms with Crippen LogP contribution in [0.15, 0.2) is 22.9 Å². The molecule has 2 aromatic heterocycles. The van der Waals surface area contributed by atoms with Crippen LogP contribution in [0.1, 0.15) is 35.8 Å². The molecule has 6 rings (SSSR count). The molecule has 30 heavy (non-hydrogen) atoms. The lowest BCUT2D eigenvalue weighted by Gasteiger charge is -2.49. The van der Waals surface area contributed by atoms with E-state index in [-0.39, 0.29) is 11.9 Å². The van der Waals surface area contributed by atoms with E-state index < -0.39 is 0 Å². The molecule has 4 saturated heterocycles. The molecule has 1 amide bonds. The zero-order valence-corrected chi connectivity index (χ0v) is 17.5. The first kappa shape index (κ1) is 19.6. The fraction of sp³-hybridized carbons (Fsp3) is 0.565. The third-order valence-electron chi connectivity index (χ3n) is 6.90. The Morgan fingerprint density at radius 2 is 2.10 bits per heavy atom. The molecule has 7 nitrogen and oxygen atoms in total. The lowest BCUT2D eigenvalue weighted by atomic mass is 9.79. The average Bonchev–Trinajstić information content (AvgIpc) is 3.19. The number of furan rings is 1. The van der Waals surface area contributed by atoms with Gasteiger partial charge >= 0.3 is 0 Å². The van der Waals surface area contributed by atoms with E-state index in [1.54, 1.807) is 12.5 Å². The van der Waals surface area contributed by atoms with Gasteiger partial charge in [-0.05, 0) is 44.8 Å². The monoisotopic (exact) mass is 407 g/mol. The molecule has 6 heterocycles. The van der Waals surface area contributed by atoms with Crippen molar-refractivity contribution in [2.75, 3.05) is 45.8 Å². The number of pyridine rings is 1. The van der Waals surface area contributed by atoms with Gasteiger partial charge in [0.2, 0.25) is 0 Å². The number of hydrogen-bond donors (Lipinski definition) is 2. The van der Waals surface area contributed by atoms with Gasteiger partial charge in [0.05, 0.1) is 18.3 Å². The average molecular weight is 408 g/mol. The summed E-state index contributed by atoms with van der Waals surface area (Å²) in [6.45, 7) is 9.32. The van der Waals surface area contributed by atoms with Crippen molar-refractivity contribution in [3.8, 4) is 11.8 Å². The zero-order valence-electron chi connectivity index (χ0n) is 17.5. The molecule has 4 fully saturated rings. The molecule has 0 aliphatic carbocycles. The Morgan fingerprint density at radius 1 is 1.30 bits per heavy atom. The second kappa shape index (κ2) is 8.38. The molecule has 2 atom stereocenters. The third kappa shape index (κ3) is 3.83. The van der Waals surface area contributed by atoms with E-state index in [9.17, 15) is 4.79 Å². The molecule has 0 radical (unpaired) electrons. The van der Waals surface area contributed by atoms with Crippen molar-refractivity contribution in [2.45, 2.75) is 31.8 Å². The van der Waals surface area contributed by atoms with Crippen LogP contribution in [-0.4, -0.2) is 78.6 Å². The highest BCUT2D eigenvalue weighted by Crippen LogP contribution is 2.32. The van der Waals surface area contributed by atoms with Crippen LogP contribution < -0.4 is 10.6 Å². The van der Waals surface area contributed by atoms with Crippen molar-refractivity contribution in [3.63, 3.8) is 0 Å². The highest BCUT2D eigenvalue weighted by atomic mass is 16.3. The number of piperidine rings is 3. The standard InChI is InChI=1S/C23H29N5O2/c1-16-22(17-4-9-28(16)10-5-17)26-23(29)20-13-19-18(15-30-21(19)14-25-20)3-2-8-27-11-6-24-7-12-27/h13-17,22,24H,4-12H2,1H3,(H,26,29). The second-order valence-corrected chi connectivity index (χ2v) is 8.66. The van der Waals surface area contributed by atoms with Crippen molar-refractivity contribution >= 4 is 16.9 Å². The summed E-state index contributed by atoms with van der Waals surface area (Å²) in [6.07, 6.45) is 5.62. The highest BCUT2D eigenvalue weighted by Gasteiger charge is 2.40. The number of rotatable bonds is 3. The smallest absolute Gasteiger partial charge is 0.270 e. The number of carbonyl (C=O) groups excluding carboxylic acids is 1. The fourth-order valence-electron chi connectivity index (χ4n) is 5.04. The first-order valence-electron chi connectivity index (χ1n) is 11.0. The topological polar surface area (TPSA) is 73.6 Å². The first-order valence-corrected chi connectivity index (χ1v) is 11.0. The fourth-order valence-corrected chi connectivity index (χ4v) is 5.04. The van der Waals surface area contributed by atoms with Gasteiger partial charge in [-0.25, -0.2) is 4.98 Å². The maximum Gasteiger partial charge on any atom is 0.270 e. The lowest BCUT2D eigenvalue weighted by molar-refractivity contribution is 0.0216. The summed E-state index contributed by atoms with van der Waals surface area (Å²) in [5, 5.41) is 7.46. The van der Waals surface area contributed by atoms with Gasteiger partial charge in [-0.1, -0.05) is 11.8 Å². The van der Waals surface area contributed by atoms with Gasteiger partial charge in [-0.15, -0.1) is 0 Å². The largest absolute Gasteiger partial charge is 0.461 e. The molecule has 2 aromatic rings. The van der Waals surface area contributed by atoms with Crippen LogP contribution in [0, 0.1) is 17.8 Å². The van der Waals surface area contributed by atoms with Gasteiger partial charge in [-0.2, -0.15) is 0 Å². The first-order chi connectivity index (χ1) is 14.7. The van der Waals surface area contributed by atoms with E-state index in [1.165, 1.54) is 0 Å². The summed E-state index contributed by atoms with van der Waals surface area (Å²) in [5.41, 5.74) is 1.90. The minimum absolute atomic E-state index is 0.108. The van der Waals surface area contributed by atoms with Gasteiger partial charge in [-0.3, -0.25) is 14.6 Å². The van der Waals surface area contributed by atoms with Crippen LogP contribution in [0.25, 0.3) is 11.0 Å². The summed E-state index contributed by atoms with van der Waals surface area (Å²) in [5.74, 6) is 6.93. The van der Waals surface area contributed by atoms with Gasteiger partial charge in [0.1, 0.15) is 12.0 Å². The maximum absolute atomic E-state index is 13.0. The Labute approximate surface area is 177 Å². The SMILES string of the molecule is CC1C(NC(=O)c2cc3c(C#CCN4CCNCC4)coc3cn2)C2CCN1CC2. The molecule has 4 aliphatic rings. The van der Waals surface area contributed by atoms with Gasteiger partial charge in [0.25, 0.3) is 5.91 Å². The molecule has 0 spiro atoms. The Hall–Kier alpha value is -2.40. The normalized spacial score (nSPS) is 28.8. The number of aromatic nitrogens is 1. The summed E-state index contributed by atoms with van der Waals surface area (Å²) in [6, 6.07) is 2.39. The molecular weight excluding hydrogens is 378 g/mol. The molecule has 2 N–H and O–H groups in total. The number of carbonyl (C=O) groups is 1. The van der Waals surface area contributed by atoms with Crippen molar-refractivity contribution in [1.29, 1.82) is 0 Å². The Balaban J connectivity index is 1.31. The van der Waals surface area contributed by atoms with E-state index in [2.05, 4.69) is 44.2 Å². The Kier molecular flexibility index (Phi) is 5.47.